The Balaban J connectivity index is 0.895. The first-order valence-corrected chi connectivity index (χ1v) is 35.5. The molecule has 18 aromatic rings. The zero-order valence-electron chi connectivity index (χ0n) is 56.5. The molecule has 0 bridgehead atoms. The number of benzene rings is 15. The predicted molar refractivity (Wildman–Crippen MR) is 426 cm³/mol. The van der Waals surface area contributed by atoms with Crippen LogP contribution in [0.2, 0.25) is 0 Å². The Morgan fingerprint density at radius 2 is 0.738 bits per heavy atom. The fourth-order valence-electron chi connectivity index (χ4n) is 17.4. The van der Waals surface area contributed by atoms with Crippen molar-refractivity contribution in [3.63, 3.8) is 0 Å². The van der Waals surface area contributed by atoms with Gasteiger partial charge in [0.2, 0.25) is 0 Å². The standard InChI is InChI=1S/C94H60B2N2O5/c1-94(2,3)64-51-75-88-76(52-64)98(74-35-22-38-83-86(74)68-48-61(41-45-80(68)100-83)56-25-11-5-12-26-56)77-54-84-90-93(102-81-46-42-63(58-29-15-7-16-30-58)50-70(81)95(90)71-53-66(59-31-17-8-18-32-59)91-87(92(71)103-84)65-33-19-20-36-78(65)101-91)89(77)96(88)69-49-62(57-27-13-6-14-28-57)39-43-72(69)97(75)73-34-21-37-82-85(73)67-47-60(40-44-79(67)99-82)55-23-9-4-10-24-55/h4-54H,1-3H3. The van der Waals surface area contributed by atoms with Crippen molar-refractivity contribution in [2.75, 3.05) is 9.80 Å². The second-order valence-corrected chi connectivity index (χ2v) is 28.9. The Bertz CT molecular complexity index is 6620. The highest BCUT2D eigenvalue weighted by Crippen LogP contribution is 2.55. The van der Waals surface area contributed by atoms with Gasteiger partial charge in [-0.1, -0.05) is 245 Å². The molecule has 0 unspecified atom stereocenters. The molecule has 9 heteroatoms. The maximum absolute atomic E-state index is 8.08. The molecule has 0 N–H and O–H groups in total. The van der Waals surface area contributed by atoms with Crippen molar-refractivity contribution in [3.05, 3.63) is 315 Å². The molecule has 0 amide bonds. The summed E-state index contributed by atoms with van der Waals surface area (Å²) in [7, 11) is 0. The summed E-state index contributed by atoms with van der Waals surface area (Å²) in [5.74, 6) is 3.02. The Morgan fingerprint density at radius 1 is 0.272 bits per heavy atom. The van der Waals surface area contributed by atoms with E-state index in [0.717, 1.165) is 206 Å². The molecular formula is C94H60B2N2O5. The normalized spacial score (nSPS) is 13.3. The number of fused-ring (bicyclic) bond motifs is 19. The maximum atomic E-state index is 8.08. The molecule has 0 fully saturated rings. The van der Waals surface area contributed by atoms with Gasteiger partial charge in [0.15, 0.2) is 0 Å². The second-order valence-electron chi connectivity index (χ2n) is 28.9. The highest BCUT2D eigenvalue weighted by atomic mass is 16.5. The van der Waals surface area contributed by atoms with E-state index in [0.29, 0.717) is 5.75 Å². The van der Waals surface area contributed by atoms with Crippen LogP contribution in [0.4, 0.5) is 34.1 Å². The number of anilines is 6. The molecule has 0 spiro atoms. The first kappa shape index (κ1) is 57.9. The lowest BCUT2D eigenvalue weighted by molar-refractivity contribution is 0.469. The molecular weight excluding hydrogens is 1260 g/mol. The summed E-state index contributed by atoms with van der Waals surface area (Å²) in [5.41, 5.74) is 29.0. The van der Waals surface area contributed by atoms with Crippen LogP contribution in [0.5, 0.6) is 23.0 Å². The number of hydrogen-bond acceptors (Lipinski definition) is 7. The molecule has 22 rings (SSSR count). The Morgan fingerprint density at radius 3 is 1.31 bits per heavy atom. The van der Waals surface area contributed by atoms with Crippen LogP contribution in [-0.2, 0) is 5.41 Å². The van der Waals surface area contributed by atoms with Crippen LogP contribution in [0, 0.1) is 0 Å². The highest BCUT2D eigenvalue weighted by molar-refractivity contribution is 7.03. The SMILES string of the molecule is CC(C)(C)c1cc2c3c(c1)N(c1cccc4oc5ccc(-c6ccccc6)cc5c14)c1cc4c5c(c1B3c1cc(-c3ccccc3)ccc1N2c1cccc2oc3ccc(-c6ccccc6)cc3c12)Oc1ccc(-c2ccccc2)cc1B5c1cc(-c2ccccc2)c2oc3ccccc3c2c1O4. The number of para-hydroxylation sites is 1. The van der Waals surface area contributed by atoms with Crippen LogP contribution in [0.25, 0.3) is 121 Å². The molecule has 0 saturated carbocycles. The van der Waals surface area contributed by atoms with E-state index in [2.05, 4.69) is 340 Å². The van der Waals surface area contributed by atoms with Gasteiger partial charge in [-0.15, -0.1) is 0 Å². The van der Waals surface area contributed by atoms with Gasteiger partial charge in [-0.25, -0.2) is 0 Å². The Hall–Kier alpha value is -13.0. The van der Waals surface area contributed by atoms with Gasteiger partial charge in [0.1, 0.15) is 56.5 Å². The first-order valence-electron chi connectivity index (χ1n) is 35.5. The van der Waals surface area contributed by atoms with Gasteiger partial charge in [0, 0.05) is 56.0 Å². The van der Waals surface area contributed by atoms with Gasteiger partial charge in [0.05, 0.1) is 27.5 Å². The maximum Gasteiger partial charge on any atom is 0.260 e. The third kappa shape index (κ3) is 8.60. The fraction of sp³-hybridized carbons (Fsp3) is 0.0426. The van der Waals surface area contributed by atoms with Gasteiger partial charge in [-0.2, -0.15) is 0 Å². The smallest absolute Gasteiger partial charge is 0.260 e. The highest BCUT2D eigenvalue weighted by Gasteiger charge is 2.52. The second kappa shape index (κ2) is 21.8. The molecule has 0 radical (unpaired) electrons. The summed E-state index contributed by atoms with van der Waals surface area (Å²) >= 11 is 0. The minimum Gasteiger partial charge on any atom is -0.459 e. The third-order valence-corrected chi connectivity index (χ3v) is 22.1. The zero-order chi connectivity index (χ0) is 67.9. The molecule has 3 aromatic heterocycles. The van der Waals surface area contributed by atoms with Crippen LogP contribution >= 0.6 is 0 Å². The topological polar surface area (TPSA) is 64.4 Å². The van der Waals surface area contributed by atoms with Crippen LogP contribution in [0.1, 0.15) is 26.3 Å². The summed E-state index contributed by atoms with van der Waals surface area (Å²) in [6, 6.07) is 112. The number of ether oxygens (including phenoxy) is 2. The van der Waals surface area contributed by atoms with E-state index in [1.807, 2.05) is 0 Å². The van der Waals surface area contributed by atoms with Gasteiger partial charge >= 0.3 is 0 Å². The van der Waals surface area contributed by atoms with Crippen LogP contribution in [-0.4, -0.2) is 13.4 Å². The minimum absolute atomic E-state index is 0.349. The number of nitrogens with zero attached hydrogens (tertiary/aromatic N) is 2. The summed E-state index contributed by atoms with van der Waals surface area (Å²) in [6.07, 6.45) is 0. The van der Waals surface area contributed by atoms with Gasteiger partial charge in [0.25, 0.3) is 13.4 Å². The van der Waals surface area contributed by atoms with E-state index < -0.39 is 6.71 Å². The largest absolute Gasteiger partial charge is 0.459 e. The van der Waals surface area contributed by atoms with Crippen molar-refractivity contribution in [1.82, 2.24) is 0 Å². The van der Waals surface area contributed by atoms with Crippen LogP contribution in [0.15, 0.2) is 323 Å². The molecule has 4 aliphatic heterocycles. The lowest BCUT2D eigenvalue weighted by atomic mass is 9.30. The lowest BCUT2D eigenvalue weighted by Crippen LogP contribution is -2.65. The summed E-state index contributed by atoms with van der Waals surface area (Å²) < 4.78 is 37.2. The fourth-order valence-corrected chi connectivity index (χ4v) is 17.4. The van der Waals surface area contributed by atoms with Crippen molar-refractivity contribution in [3.8, 4) is 78.6 Å². The molecule has 7 nitrogen and oxygen atoms in total. The minimum atomic E-state index is -0.428. The van der Waals surface area contributed by atoms with Crippen molar-refractivity contribution in [2.45, 2.75) is 26.2 Å². The predicted octanol–water partition coefficient (Wildman–Crippen LogP) is 21.8. The molecule has 15 aromatic carbocycles. The van der Waals surface area contributed by atoms with E-state index in [4.69, 9.17) is 22.7 Å². The van der Waals surface area contributed by atoms with Crippen molar-refractivity contribution >= 4 is 146 Å². The average Bonchev–Trinajstić information content (AvgIpc) is 1.08. The average molecular weight is 1320 g/mol. The third-order valence-electron chi connectivity index (χ3n) is 22.1. The first-order chi connectivity index (χ1) is 50.7. The lowest BCUT2D eigenvalue weighted by Gasteiger charge is -2.47. The van der Waals surface area contributed by atoms with E-state index >= 15 is 0 Å². The molecule has 7 heterocycles. The molecule has 4 aliphatic rings. The molecule has 0 atom stereocenters. The zero-order valence-corrected chi connectivity index (χ0v) is 56.5. The van der Waals surface area contributed by atoms with Crippen molar-refractivity contribution in [1.29, 1.82) is 0 Å². The van der Waals surface area contributed by atoms with E-state index in [1.165, 1.54) is 5.56 Å². The summed E-state index contributed by atoms with van der Waals surface area (Å²) in [6.45, 7) is 6.19. The van der Waals surface area contributed by atoms with Crippen molar-refractivity contribution in [2.24, 2.45) is 0 Å². The van der Waals surface area contributed by atoms with Crippen LogP contribution < -0.4 is 52.1 Å². The van der Waals surface area contributed by atoms with E-state index in [1.54, 1.807) is 0 Å². The van der Waals surface area contributed by atoms with Gasteiger partial charge in [-0.05, 0) is 167 Å². The van der Waals surface area contributed by atoms with Crippen LogP contribution in [0.3, 0.4) is 0 Å². The number of furan rings is 3. The molecule has 103 heavy (non-hydrogen) atoms. The Kier molecular flexibility index (Phi) is 12.2. The van der Waals surface area contributed by atoms with Crippen molar-refractivity contribution < 1.29 is 22.7 Å². The van der Waals surface area contributed by atoms with E-state index in [9.17, 15) is 0 Å². The number of rotatable bonds is 7. The number of hydrogen-bond donors (Lipinski definition) is 0. The summed E-state index contributed by atoms with van der Waals surface area (Å²) in [5, 5.41) is 5.99. The molecule has 482 valence electrons. The van der Waals surface area contributed by atoms with Gasteiger partial charge < -0.3 is 32.5 Å². The van der Waals surface area contributed by atoms with Gasteiger partial charge in [-0.3, -0.25) is 0 Å². The molecule has 0 aliphatic carbocycles. The monoisotopic (exact) mass is 1320 g/mol. The molecule has 0 saturated heterocycles. The Labute approximate surface area is 594 Å². The quantitative estimate of drug-likeness (QED) is 0.147. The van der Waals surface area contributed by atoms with E-state index in [-0.39, 0.29) is 12.1 Å². The summed E-state index contributed by atoms with van der Waals surface area (Å²) in [4.78, 5) is 5.10.